The molecule has 0 heterocycles. The van der Waals surface area contributed by atoms with Crippen LogP contribution in [0.4, 0.5) is 9.18 Å². The molecular weight excluding hydrogens is 269 g/mol. The van der Waals surface area contributed by atoms with Gasteiger partial charge in [-0.1, -0.05) is 17.7 Å². The average molecular weight is 288 g/mol. The van der Waals surface area contributed by atoms with Crippen LogP contribution in [0.5, 0.6) is 0 Å². The molecule has 0 radical (unpaired) electrons. The van der Waals surface area contributed by atoms with E-state index >= 15 is 0 Å². The van der Waals surface area contributed by atoms with Gasteiger partial charge in [-0.25, -0.2) is 9.18 Å². The van der Waals surface area contributed by atoms with Gasteiger partial charge in [0.05, 0.1) is 5.02 Å². The molecule has 19 heavy (non-hydrogen) atoms. The van der Waals surface area contributed by atoms with Crippen molar-refractivity contribution in [1.82, 2.24) is 15.5 Å². The lowest BCUT2D eigenvalue weighted by atomic mass is 10.1. The number of benzene rings is 1. The lowest BCUT2D eigenvalue weighted by Gasteiger charge is -2.16. The SMILES string of the molecule is CC(NCCNC(=O)N(C)C)c1ccc(Cl)c(F)c1. The van der Waals surface area contributed by atoms with Crippen LogP contribution in [0.1, 0.15) is 18.5 Å². The number of carbonyl (C=O) groups excluding carboxylic acids is 1. The summed E-state index contributed by atoms with van der Waals surface area (Å²) in [5, 5.41) is 6.06. The van der Waals surface area contributed by atoms with Crippen molar-refractivity contribution in [2.24, 2.45) is 0 Å². The highest BCUT2D eigenvalue weighted by molar-refractivity contribution is 6.30. The van der Waals surface area contributed by atoms with E-state index in [9.17, 15) is 9.18 Å². The third-order valence-electron chi connectivity index (χ3n) is 2.70. The van der Waals surface area contributed by atoms with Crippen LogP contribution in [0, 0.1) is 5.82 Å². The second kappa shape index (κ2) is 7.31. The molecule has 106 valence electrons. The molecule has 1 rings (SSSR count). The Morgan fingerprint density at radius 2 is 2.11 bits per heavy atom. The zero-order valence-electron chi connectivity index (χ0n) is 11.3. The molecule has 0 spiro atoms. The molecule has 0 saturated carbocycles. The summed E-state index contributed by atoms with van der Waals surface area (Å²) >= 11 is 5.63. The Morgan fingerprint density at radius 3 is 2.68 bits per heavy atom. The van der Waals surface area contributed by atoms with E-state index in [1.54, 1.807) is 20.2 Å². The van der Waals surface area contributed by atoms with Gasteiger partial charge >= 0.3 is 6.03 Å². The van der Waals surface area contributed by atoms with Crippen molar-refractivity contribution in [3.05, 3.63) is 34.6 Å². The molecule has 1 aromatic carbocycles. The van der Waals surface area contributed by atoms with Crippen LogP contribution >= 0.6 is 11.6 Å². The number of rotatable bonds is 5. The molecule has 2 N–H and O–H groups in total. The second-order valence-corrected chi connectivity index (χ2v) is 4.88. The first-order valence-corrected chi connectivity index (χ1v) is 6.43. The van der Waals surface area contributed by atoms with Gasteiger partial charge in [-0.2, -0.15) is 0 Å². The molecule has 6 heteroatoms. The summed E-state index contributed by atoms with van der Waals surface area (Å²) in [6, 6.07) is 4.59. The standard InChI is InChI=1S/C13H19ClFN3O/c1-9(10-4-5-11(14)12(15)8-10)16-6-7-17-13(19)18(2)3/h4-5,8-9,16H,6-7H2,1-3H3,(H,17,19). The maximum atomic E-state index is 13.3. The molecule has 0 aliphatic carbocycles. The molecule has 1 atom stereocenters. The van der Waals surface area contributed by atoms with Crippen LogP contribution < -0.4 is 10.6 Å². The third-order valence-corrected chi connectivity index (χ3v) is 3.01. The van der Waals surface area contributed by atoms with Gasteiger partial charge < -0.3 is 15.5 Å². The number of hydrogen-bond acceptors (Lipinski definition) is 2. The molecule has 4 nitrogen and oxygen atoms in total. The van der Waals surface area contributed by atoms with Crippen LogP contribution in [0.25, 0.3) is 0 Å². The van der Waals surface area contributed by atoms with Crippen LogP contribution in [-0.2, 0) is 0 Å². The van der Waals surface area contributed by atoms with E-state index in [1.807, 2.05) is 6.92 Å². The molecule has 1 aromatic rings. The number of hydrogen-bond donors (Lipinski definition) is 2. The lowest BCUT2D eigenvalue weighted by Crippen LogP contribution is -2.38. The van der Waals surface area contributed by atoms with E-state index in [0.717, 1.165) is 5.56 Å². The lowest BCUT2D eigenvalue weighted by molar-refractivity contribution is 0.217. The average Bonchev–Trinajstić information content (AvgIpc) is 2.37. The fourth-order valence-corrected chi connectivity index (χ4v) is 1.63. The Bertz CT molecular complexity index is 440. The Balaban J connectivity index is 2.37. The zero-order valence-corrected chi connectivity index (χ0v) is 12.1. The Kier molecular flexibility index (Phi) is 6.05. The number of nitrogens with one attached hydrogen (secondary N) is 2. The Labute approximate surface area is 117 Å². The van der Waals surface area contributed by atoms with Crippen molar-refractivity contribution in [3.63, 3.8) is 0 Å². The predicted molar refractivity (Wildman–Crippen MR) is 74.9 cm³/mol. The normalized spacial score (nSPS) is 12.1. The van der Waals surface area contributed by atoms with Crippen molar-refractivity contribution < 1.29 is 9.18 Å². The van der Waals surface area contributed by atoms with Crippen molar-refractivity contribution >= 4 is 17.6 Å². The molecule has 0 bridgehead atoms. The van der Waals surface area contributed by atoms with Crippen molar-refractivity contribution in [2.45, 2.75) is 13.0 Å². The van der Waals surface area contributed by atoms with Gasteiger partial charge in [0.1, 0.15) is 5.82 Å². The van der Waals surface area contributed by atoms with E-state index in [2.05, 4.69) is 10.6 Å². The molecule has 2 amide bonds. The first-order valence-electron chi connectivity index (χ1n) is 6.05. The van der Waals surface area contributed by atoms with E-state index in [1.165, 1.54) is 17.0 Å². The molecule has 0 saturated heterocycles. The number of nitrogens with zero attached hydrogens (tertiary/aromatic N) is 1. The summed E-state index contributed by atoms with van der Waals surface area (Å²) in [6.45, 7) is 3.04. The maximum Gasteiger partial charge on any atom is 0.316 e. The molecular formula is C13H19ClFN3O. The minimum Gasteiger partial charge on any atom is -0.337 e. The minimum absolute atomic E-state index is 0.0111. The van der Waals surface area contributed by atoms with E-state index in [0.29, 0.717) is 13.1 Å². The smallest absolute Gasteiger partial charge is 0.316 e. The van der Waals surface area contributed by atoms with Gasteiger partial charge in [-0.15, -0.1) is 0 Å². The maximum absolute atomic E-state index is 13.3. The molecule has 0 aliphatic heterocycles. The summed E-state index contributed by atoms with van der Waals surface area (Å²) < 4.78 is 13.3. The summed E-state index contributed by atoms with van der Waals surface area (Å²) in [4.78, 5) is 12.7. The van der Waals surface area contributed by atoms with Gasteiger partial charge in [0.15, 0.2) is 0 Å². The third kappa shape index (κ3) is 5.04. The van der Waals surface area contributed by atoms with Crippen molar-refractivity contribution in [3.8, 4) is 0 Å². The van der Waals surface area contributed by atoms with Crippen LogP contribution in [0.15, 0.2) is 18.2 Å². The van der Waals surface area contributed by atoms with Crippen LogP contribution in [0.2, 0.25) is 5.02 Å². The summed E-state index contributed by atoms with van der Waals surface area (Å²) in [7, 11) is 3.36. The Morgan fingerprint density at radius 1 is 1.42 bits per heavy atom. The van der Waals surface area contributed by atoms with Crippen molar-refractivity contribution in [2.75, 3.05) is 27.2 Å². The fourth-order valence-electron chi connectivity index (χ4n) is 1.52. The van der Waals surface area contributed by atoms with Crippen molar-refractivity contribution in [1.29, 1.82) is 0 Å². The van der Waals surface area contributed by atoms with E-state index < -0.39 is 5.82 Å². The highest BCUT2D eigenvalue weighted by Gasteiger charge is 2.08. The molecule has 1 unspecified atom stereocenters. The van der Waals surface area contributed by atoms with E-state index in [4.69, 9.17) is 11.6 Å². The molecule has 0 aromatic heterocycles. The monoisotopic (exact) mass is 287 g/mol. The number of halogens is 2. The summed E-state index contributed by atoms with van der Waals surface area (Å²) in [5.74, 6) is -0.422. The number of amides is 2. The molecule has 0 fully saturated rings. The first-order chi connectivity index (χ1) is 8.91. The van der Waals surface area contributed by atoms with Gasteiger partial charge in [0.2, 0.25) is 0 Å². The predicted octanol–water partition coefficient (Wildman–Crippen LogP) is 2.40. The summed E-state index contributed by atoms with van der Waals surface area (Å²) in [5.41, 5.74) is 0.820. The largest absolute Gasteiger partial charge is 0.337 e. The topological polar surface area (TPSA) is 44.4 Å². The van der Waals surface area contributed by atoms with Crippen LogP contribution in [0.3, 0.4) is 0 Å². The number of carbonyl (C=O) groups is 1. The highest BCUT2D eigenvalue weighted by atomic mass is 35.5. The fraction of sp³-hybridized carbons (Fsp3) is 0.462. The minimum atomic E-state index is -0.422. The number of urea groups is 1. The Hall–Kier alpha value is -1.33. The van der Waals surface area contributed by atoms with Gasteiger partial charge in [0.25, 0.3) is 0 Å². The van der Waals surface area contributed by atoms with Gasteiger partial charge in [-0.05, 0) is 24.6 Å². The highest BCUT2D eigenvalue weighted by Crippen LogP contribution is 2.19. The van der Waals surface area contributed by atoms with Gasteiger partial charge in [-0.3, -0.25) is 0 Å². The molecule has 0 aliphatic rings. The first kappa shape index (κ1) is 15.7. The summed E-state index contributed by atoms with van der Waals surface area (Å²) in [6.07, 6.45) is 0. The second-order valence-electron chi connectivity index (χ2n) is 4.48. The van der Waals surface area contributed by atoms with E-state index in [-0.39, 0.29) is 17.1 Å². The quantitative estimate of drug-likeness (QED) is 0.817. The zero-order chi connectivity index (χ0) is 14.4. The van der Waals surface area contributed by atoms with Gasteiger partial charge in [0, 0.05) is 33.2 Å². The van der Waals surface area contributed by atoms with Crippen LogP contribution in [-0.4, -0.2) is 38.1 Å².